The Balaban J connectivity index is 2.69. The maximum Gasteiger partial charge on any atom is 0.108 e. The molecule has 0 aliphatic heterocycles. The first-order valence-electron chi connectivity index (χ1n) is 4.56. The van der Waals surface area contributed by atoms with E-state index in [0.29, 0.717) is 0 Å². The van der Waals surface area contributed by atoms with Crippen molar-refractivity contribution in [3.05, 3.63) is 47.5 Å². The SMILES string of the molecule is Cc1ccc2ccccc2c1COO. The summed E-state index contributed by atoms with van der Waals surface area (Å²) < 4.78 is 0. The van der Waals surface area contributed by atoms with Gasteiger partial charge < -0.3 is 0 Å². The number of aryl methyl sites for hydroxylation is 1. The maximum atomic E-state index is 8.50. The standard InChI is InChI=1S/C12H12O2/c1-9-6-7-10-4-2-3-5-11(10)12(9)8-14-13/h2-7,13H,8H2,1H3. The van der Waals surface area contributed by atoms with Crippen LogP contribution in [-0.2, 0) is 11.5 Å². The van der Waals surface area contributed by atoms with Crippen molar-refractivity contribution in [3.63, 3.8) is 0 Å². The molecule has 0 saturated carbocycles. The Kier molecular flexibility index (Phi) is 2.48. The number of benzene rings is 2. The Morgan fingerprint density at radius 3 is 2.71 bits per heavy atom. The molecule has 0 bridgehead atoms. The highest BCUT2D eigenvalue weighted by Gasteiger charge is 2.03. The minimum atomic E-state index is 0.243. The molecule has 0 spiro atoms. The van der Waals surface area contributed by atoms with Gasteiger partial charge in [0, 0.05) is 0 Å². The van der Waals surface area contributed by atoms with Crippen LogP contribution in [0, 0.1) is 6.92 Å². The fraction of sp³-hybridized carbons (Fsp3) is 0.167. The van der Waals surface area contributed by atoms with Crippen LogP contribution in [0.1, 0.15) is 11.1 Å². The summed E-state index contributed by atoms with van der Waals surface area (Å²) in [5.41, 5.74) is 2.18. The summed E-state index contributed by atoms with van der Waals surface area (Å²) in [6, 6.07) is 12.2. The van der Waals surface area contributed by atoms with Crippen molar-refractivity contribution in [1.82, 2.24) is 0 Å². The lowest BCUT2D eigenvalue weighted by molar-refractivity contribution is -0.252. The normalized spacial score (nSPS) is 10.7. The average Bonchev–Trinajstić information content (AvgIpc) is 2.23. The second-order valence-electron chi connectivity index (χ2n) is 3.36. The molecule has 0 aliphatic rings. The molecule has 0 saturated heterocycles. The topological polar surface area (TPSA) is 29.5 Å². The van der Waals surface area contributed by atoms with Crippen LogP contribution in [-0.4, -0.2) is 5.26 Å². The highest BCUT2D eigenvalue weighted by atomic mass is 17.1. The van der Waals surface area contributed by atoms with Crippen LogP contribution in [0.3, 0.4) is 0 Å². The molecule has 2 nitrogen and oxygen atoms in total. The minimum absolute atomic E-state index is 0.243. The summed E-state index contributed by atoms with van der Waals surface area (Å²) in [4.78, 5) is 4.22. The molecule has 2 aromatic carbocycles. The monoisotopic (exact) mass is 188 g/mol. The first kappa shape index (κ1) is 9.19. The van der Waals surface area contributed by atoms with E-state index in [1.165, 1.54) is 5.39 Å². The highest BCUT2D eigenvalue weighted by molar-refractivity contribution is 5.86. The molecule has 0 heterocycles. The molecule has 1 N–H and O–H groups in total. The van der Waals surface area contributed by atoms with Gasteiger partial charge in [-0.3, -0.25) is 5.26 Å². The predicted molar refractivity (Wildman–Crippen MR) is 56.1 cm³/mol. The maximum absolute atomic E-state index is 8.50. The van der Waals surface area contributed by atoms with Crippen molar-refractivity contribution in [3.8, 4) is 0 Å². The zero-order valence-electron chi connectivity index (χ0n) is 8.03. The van der Waals surface area contributed by atoms with Gasteiger partial charge in [0.25, 0.3) is 0 Å². The number of hydrogen-bond acceptors (Lipinski definition) is 2. The number of rotatable bonds is 2. The Morgan fingerprint density at radius 1 is 1.14 bits per heavy atom. The Morgan fingerprint density at radius 2 is 1.93 bits per heavy atom. The quantitative estimate of drug-likeness (QED) is 0.579. The van der Waals surface area contributed by atoms with Gasteiger partial charge >= 0.3 is 0 Å². The molecule has 0 radical (unpaired) electrons. The number of hydrogen-bond donors (Lipinski definition) is 1. The van der Waals surface area contributed by atoms with E-state index in [9.17, 15) is 0 Å². The summed E-state index contributed by atoms with van der Waals surface area (Å²) in [6.45, 7) is 2.26. The van der Waals surface area contributed by atoms with Gasteiger partial charge in [0.05, 0.1) is 0 Å². The van der Waals surface area contributed by atoms with Gasteiger partial charge in [-0.25, -0.2) is 4.89 Å². The van der Waals surface area contributed by atoms with E-state index in [2.05, 4.69) is 17.0 Å². The molecule has 2 heteroatoms. The molecule has 14 heavy (non-hydrogen) atoms. The third kappa shape index (κ3) is 1.50. The third-order valence-electron chi connectivity index (χ3n) is 2.48. The Labute approximate surface area is 82.7 Å². The largest absolute Gasteiger partial charge is 0.251 e. The minimum Gasteiger partial charge on any atom is -0.251 e. The van der Waals surface area contributed by atoms with Gasteiger partial charge in [-0.05, 0) is 28.8 Å². The molecule has 0 unspecified atom stereocenters. The van der Waals surface area contributed by atoms with E-state index < -0.39 is 0 Å². The first-order chi connectivity index (χ1) is 6.83. The summed E-state index contributed by atoms with van der Waals surface area (Å²) in [5.74, 6) is 0. The van der Waals surface area contributed by atoms with Crippen molar-refractivity contribution in [1.29, 1.82) is 0 Å². The van der Waals surface area contributed by atoms with Crippen molar-refractivity contribution in [2.24, 2.45) is 0 Å². The van der Waals surface area contributed by atoms with Gasteiger partial charge in [0.1, 0.15) is 6.61 Å². The van der Waals surface area contributed by atoms with E-state index in [0.717, 1.165) is 16.5 Å². The summed E-state index contributed by atoms with van der Waals surface area (Å²) in [7, 11) is 0. The molecule has 2 rings (SSSR count). The van der Waals surface area contributed by atoms with E-state index in [1.807, 2.05) is 31.2 Å². The van der Waals surface area contributed by atoms with Crippen LogP contribution in [0.2, 0.25) is 0 Å². The highest BCUT2D eigenvalue weighted by Crippen LogP contribution is 2.22. The third-order valence-corrected chi connectivity index (χ3v) is 2.48. The molecule has 0 fully saturated rings. The Bertz CT molecular complexity index is 449. The molecule has 0 atom stereocenters. The summed E-state index contributed by atoms with van der Waals surface area (Å²) in [6.07, 6.45) is 0. The van der Waals surface area contributed by atoms with Crippen molar-refractivity contribution < 1.29 is 10.1 Å². The van der Waals surface area contributed by atoms with Crippen LogP contribution in [0.25, 0.3) is 10.8 Å². The summed E-state index contributed by atoms with van der Waals surface area (Å²) >= 11 is 0. The second-order valence-corrected chi connectivity index (χ2v) is 3.36. The van der Waals surface area contributed by atoms with Crippen LogP contribution < -0.4 is 0 Å². The van der Waals surface area contributed by atoms with Crippen molar-refractivity contribution >= 4 is 10.8 Å². The fourth-order valence-electron chi connectivity index (χ4n) is 1.70. The second kappa shape index (κ2) is 3.78. The van der Waals surface area contributed by atoms with Gasteiger partial charge in [-0.2, -0.15) is 0 Å². The molecule has 2 aromatic rings. The van der Waals surface area contributed by atoms with E-state index in [1.54, 1.807) is 0 Å². The smallest absolute Gasteiger partial charge is 0.108 e. The Hall–Kier alpha value is -1.38. The van der Waals surface area contributed by atoms with E-state index in [-0.39, 0.29) is 6.61 Å². The molecular formula is C12H12O2. The zero-order valence-corrected chi connectivity index (χ0v) is 8.03. The summed E-state index contributed by atoms with van der Waals surface area (Å²) in [5, 5.41) is 10.8. The van der Waals surface area contributed by atoms with Gasteiger partial charge in [0.15, 0.2) is 0 Å². The first-order valence-corrected chi connectivity index (χ1v) is 4.56. The predicted octanol–water partition coefficient (Wildman–Crippen LogP) is 3.14. The molecule has 0 aromatic heterocycles. The lowest BCUT2D eigenvalue weighted by Gasteiger charge is -2.07. The van der Waals surface area contributed by atoms with Crippen molar-refractivity contribution in [2.75, 3.05) is 0 Å². The lowest BCUT2D eigenvalue weighted by Crippen LogP contribution is -1.93. The van der Waals surface area contributed by atoms with Gasteiger partial charge in [-0.1, -0.05) is 36.4 Å². The van der Waals surface area contributed by atoms with Gasteiger partial charge in [-0.15, -0.1) is 0 Å². The molecule has 0 amide bonds. The molecule has 72 valence electrons. The van der Waals surface area contributed by atoms with Crippen LogP contribution >= 0.6 is 0 Å². The van der Waals surface area contributed by atoms with Crippen LogP contribution in [0.15, 0.2) is 36.4 Å². The average molecular weight is 188 g/mol. The van der Waals surface area contributed by atoms with E-state index in [4.69, 9.17) is 5.26 Å². The zero-order chi connectivity index (χ0) is 9.97. The van der Waals surface area contributed by atoms with Crippen LogP contribution in [0.5, 0.6) is 0 Å². The fourth-order valence-corrected chi connectivity index (χ4v) is 1.70. The molecular weight excluding hydrogens is 176 g/mol. The molecule has 0 aliphatic carbocycles. The van der Waals surface area contributed by atoms with Crippen molar-refractivity contribution in [2.45, 2.75) is 13.5 Å². The van der Waals surface area contributed by atoms with E-state index >= 15 is 0 Å². The lowest BCUT2D eigenvalue weighted by atomic mass is 10.0. The van der Waals surface area contributed by atoms with Gasteiger partial charge in [0.2, 0.25) is 0 Å². The van der Waals surface area contributed by atoms with Crippen LogP contribution in [0.4, 0.5) is 0 Å². The number of fused-ring (bicyclic) bond motifs is 1.